The molecule has 1 aromatic rings. The Morgan fingerprint density at radius 3 is 2.85 bits per heavy atom. The molecule has 2 aliphatic rings. The Hall–Kier alpha value is -1.10. The van der Waals surface area contributed by atoms with Crippen molar-refractivity contribution in [3.63, 3.8) is 0 Å². The molecule has 144 valence electrons. The van der Waals surface area contributed by atoms with Crippen molar-refractivity contribution in [2.45, 2.75) is 45.1 Å². The van der Waals surface area contributed by atoms with Crippen LogP contribution in [0.2, 0.25) is 5.02 Å². The zero-order valence-electron chi connectivity index (χ0n) is 15.8. The van der Waals surface area contributed by atoms with Crippen LogP contribution in [0.4, 0.5) is 0 Å². The van der Waals surface area contributed by atoms with Crippen molar-refractivity contribution in [1.29, 1.82) is 0 Å². The number of nitrogens with one attached hydrogen (secondary N) is 2. The topological polar surface area (TPSA) is 44.4 Å². The quantitative estimate of drug-likeness (QED) is 0.762. The van der Waals surface area contributed by atoms with Crippen LogP contribution in [0, 0.1) is 11.8 Å². The van der Waals surface area contributed by atoms with Crippen molar-refractivity contribution in [1.82, 2.24) is 15.5 Å². The summed E-state index contributed by atoms with van der Waals surface area (Å²) in [6.45, 7) is 7.23. The number of carbonyl (C=O) groups is 1. The monoisotopic (exact) mass is 377 g/mol. The fourth-order valence-electron chi connectivity index (χ4n) is 4.33. The molecule has 26 heavy (non-hydrogen) atoms. The summed E-state index contributed by atoms with van der Waals surface area (Å²) in [5.41, 5.74) is 1.20. The standard InChI is InChI=1S/C21H32ClN3O/c1-16(18-7-5-9-23-14-18)12-21(26)24-15-20(25-10-2-3-11-25)17-6-4-8-19(22)13-17/h4,6,8,13,16,18,20,23H,2-3,5,7,9-12,14-15H2,1H3,(H,24,26). The van der Waals surface area contributed by atoms with Crippen LogP contribution in [0.1, 0.15) is 50.6 Å². The van der Waals surface area contributed by atoms with Crippen LogP contribution in [0.25, 0.3) is 0 Å². The van der Waals surface area contributed by atoms with Gasteiger partial charge in [-0.05, 0) is 81.4 Å². The van der Waals surface area contributed by atoms with Crippen molar-refractivity contribution in [3.05, 3.63) is 34.9 Å². The second-order valence-corrected chi connectivity index (χ2v) is 8.34. The van der Waals surface area contributed by atoms with Gasteiger partial charge in [-0.15, -0.1) is 0 Å². The minimum absolute atomic E-state index is 0.175. The Morgan fingerprint density at radius 2 is 2.15 bits per heavy atom. The summed E-state index contributed by atoms with van der Waals surface area (Å²) < 4.78 is 0. The molecule has 1 amide bonds. The number of amides is 1. The van der Waals surface area contributed by atoms with E-state index in [1.165, 1.54) is 31.2 Å². The SMILES string of the molecule is CC(CC(=O)NCC(c1cccc(Cl)c1)N1CCCC1)C1CCCNC1. The van der Waals surface area contributed by atoms with Gasteiger partial charge in [-0.3, -0.25) is 9.69 Å². The molecule has 2 fully saturated rings. The van der Waals surface area contributed by atoms with E-state index < -0.39 is 0 Å². The van der Waals surface area contributed by atoms with Crippen LogP contribution < -0.4 is 10.6 Å². The van der Waals surface area contributed by atoms with E-state index in [1.807, 2.05) is 18.2 Å². The number of nitrogens with zero attached hydrogens (tertiary/aromatic N) is 1. The first-order valence-corrected chi connectivity index (χ1v) is 10.5. The molecule has 3 rings (SSSR count). The fourth-order valence-corrected chi connectivity index (χ4v) is 4.53. The number of hydrogen-bond acceptors (Lipinski definition) is 3. The number of likely N-dealkylation sites (tertiary alicyclic amines) is 1. The number of piperidine rings is 1. The van der Waals surface area contributed by atoms with E-state index in [0.29, 0.717) is 24.8 Å². The highest BCUT2D eigenvalue weighted by molar-refractivity contribution is 6.30. The lowest BCUT2D eigenvalue weighted by molar-refractivity contribution is -0.122. The smallest absolute Gasteiger partial charge is 0.220 e. The molecule has 2 heterocycles. The summed E-state index contributed by atoms with van der Waals surface area (Å²) in [4.78, 5) is 15.0. The Labute approximate surface area is 162 Å². The summed E-state index contributed by atoms with van der Waals surface area (Å²) in [5, 5.41) is 7.42. The third kappa shape index (κ3) is 5.45. The molecule has 3 unspecified atom stereocenters. The molecule has 0 radical (unpaired) electrons. The predicted octanol–water partition coefficient (Wildman–Crippen LogP) is 3.62. The van der Waals surface area contributed by atoms with Gasteiger partial charge in [-0.1, -0.05) is 30.7 Å². The van der Waals surface area contributed by atoms with E-state index in [-0.39, 0.29) is 11.9 Å². The van der Waals surface area contributed by atoms with E-state index in [2.05, 4.69) is 28.5 Å². The predicted molar refractivity (Wildman–Crippen MR) is 107 cm³/mol. The van der Waals surface area contributed by atoms with Gasteiger partial charge in [0.25, 0.3) is 0 Å². The Balaban J connectivity index is 1.55. The number of rotatable bonds is 7. The summed E-state index contributed by atoms with van der Waals surface area (Å²) in [6.07, 6.45) is 5.55. The summed E-state index contributed by atoms with van der Waals surface area (Å²) in [7, 11) is 0. The minimum Gasteiger partial charge on any atom is -0.354 e. The second-order valence-electron chi connectivity index (χ2n) is 7.91. The molecule has 0 aliphatic carbocycles. The van der Waals surface area contributed by atoms with Crippen molar-refractivity contribution in [2.24, 2.45) is 11.8 Å². The van der Waals surface area contributed by atoms with Crippen LogP contribution in [0.5, 0.6) is 0 Å². The summed E-state index contributed by atoms with van der Waals surface area (Å²) in [5.74, 6) is 1.23. The lowest BCUT2D eigenvalue weighted by Crippen LogP contribution is -2.39. The highest BCUT2D eigenvalue weighted by Crippen LogP contribution is 2.27. The number of carbonyl (C=O) groups excluding carboxylic acids is 1. The molecule has 0 aromatic heterocycles. The lowest BCUT2D eigenvalue weighted by atomic mass is 9.85. The van der Waals surface area contributed by atoms with Gasteiger partial charge >= 0.3 is 0 Å². The van der Waals surface area contributed by atoms with Crippen LogP contribution in [-0.4, -0.2) is 43.5 Å². The maximum Gasteiger partial charge on any atom is 0.220 e. The van der Waals surface area contributed by atoms with Gasteiger partial charge in [0.2, 0.25) is 5.91 Å². The van der Waals surface area contributed by atoms with Gasteiger partial charge in [0, 0.05) is 18.0 Å². The third-order valence-corrected chi connectivity index (χ3v) is 6.19. The molecule has 0 bridgehead atoms. The Morgan fingerprint density at radius 1 is 1.35 bits per heavy atom. The van der Waals surface area contributed by atoms with Crippen molar-refractivity contribution < 1.29 is 4.79 Å². The molecule has 0 saturated carbocycles. The molecule has 5 heteroatoms. The van der Waals surface area contributed by atoms with Crippen LogP contribution in [-0.2, 0) is 4.79 Å². The van der Waals surface area contributed by atoms with Gasteiger partial charge in [-0.25, -0.2) is 0 Å². The maximum absolute atomic E-state index is 12.5. The second kappa shape index (κ2) is 9.72. The van der Waals surface area contributed by atoms with Crippen molar-refractivity contribution in [3.8, 4) is 0 Å². The normalized spacial score (nSPS) is 23.5. The first-order valence-electron chi connectivity index (χ1n) is 10.1. The van der Waals surface area contributed by atoms with Crippen molar-refractivity contribution in [2.75, 3.05) is 32.7 Å². The van der Waals surface area contributed by atoms with E-state index >= 15 is 0 Å². The third-order valence-electron chi connectivity index (χ3n) is 5.95. The van der Waals surface area contributed by atoms with Gasteiger partial charge in [0.15, 0.2) is 0 Å². The van der Waals surface area contributed by atoms with Gasteiger partial charge in [0.05, 0.1) is 6.04 Å². The summed E-state index contributed by atoms with van der Waals surface area (Å²) in [6, 6.07) is 8.28. The van der Waals surface area contributed by atoms with Gasteiger partial charge in [-0.2, -0.15) is 0 Å². The van der Waals surface area contributed by atoms with Crippen LogP contribution in [0.15, 0.2) is 24.3 Å². The molecule has 2 saturated heterocycles. The largest absolute Gasteiger partial charge is 0.354 e. The van der Waals surface area contributed by atoms with Crippen LogP contribution >= 0.6 is 11.6 Å². The average molecular weight is 378 g/mol. The molecule has 4 nitrogen and oxygen atoms in total. The van der Waals surface area contributed by atoms with Crippen LogP contribution in [0.3, 0.4) is 0 Å². The maximum atomic E-state index is 12.5. The fraction of sp³-hybridized carbons (Fsp3) is 0.667. The molecule has 0 spiro atoms. The first kappa shape index (κ1) is 19.7. The Bertz CT molecular complexity index is 582. The molecule has 2 aliphatic heterocycles. The molecule has 1 aromatic carbocycles. The zero-order chi connectivity index (χ0) is 18.4. The van der Waals surface area contributed by atoms with E-state index in [4.69, 9.17) is 11.6 Å². The van der Waals surface area contributed by atoms with Gasteiger partial charge in [0.1, 0.15) is 0 Å². The minimum atomic E-state index is 0.175. The number of hydrogen-bond donors (Lipinski definition) is 2. The van der Waals surface area contributed by atoms with E-state index in [0.717, 1.165) is 31.2 Å². The molecular weight excluding hydrogens is 346 g/mol. The average Bonchev–Trinajstić information content (AvgIpc) is 3.17. The Kier molecular flexibility index (Phi) is 7.35. The molecular formula is C21H32ClN3O. The summed E-state index contributed by atoms with van der Waals surface area (Å²) >= 11 is 6.20. The van der Waals surface area contributed by atoms with E-state index in [1.54, 1.807) is 0 Å². The number of benzene rings is 1. The van der Waals surface area contributed by atoms with Crippen molar-refractivity contribution >= 4 is 17.5 Å². The lowest BCUT2D eigenvalue weighted by Gasteiger charge is -2.30. The highest BCUT2D eigenvalue weighted by atomic mass is 35.5. The number of halogens is 1. The molecule has 2 N–H and O–H groups in total. The first-order chi connectivity index (χ1) is 12.6. The highest BCUT2D eigenvalue weighted by Gasteiger charge is 2.26. The molecule has 3 atom stereocenters. The van der Waals surface area contributed by atoms with Gasteiger partial charge < -0.3 is 10.6 Å². The van der Waals surface area contributed by atoms with E-state index in [9.17, 15) is 4.79 Å². The zero-order valence-corrected chi connectivity index (χ0v) is 16.6.